The topological polar surface area (TPSA) is 40.5 Å². The van der Waals surface area contributed by atoms with Gasteiger partial charge in [0, 0.05) is 5.56 Å². The zero-order valence-electron chi connectivity index (χ0n) is 8.24. The molecule has 1 aromatic carbocycles. The molecule has 0 aliphatic heterocycles. The molecule has 14 heavy (non-hydrogen) atoms. The zero-order chi connectivity index (χ0) is 10.4. The van der Waals surface area contributed by atoms with Gasteiger partial charge in [-0.25, -0.2) is 0 Å². The number of unbranched alkanes of at least 4 members (excludes halogenated alkanes) is 2. The molecule has 76 valence electrons. The molecule has 0 aliphatic carbocycles. The minimum atomic E-state index is 0.184. The van der Waals surface area contributed by atoms with E-state index in [1.165, 1.54) is 0 Å². The number of rotatable bonds is 5. The highest BCUT2D eigenvalue weighted by molar-refractivity contribution is 5.42. The highest BCUT2D eigenvalue weighted by Gasteiger charge is 2.05. The summed E-state index contributed by atoms with van der Waals surface area (Å²) in [7, 11) is 0. The lowest BCUT2D eigenvalue weighted by molar-refractivity contribution is 0.436. The number of aromatic hydroxyl groups is 2. The second-order valence-corrected chi connectivity index (χ2v) is 3.31. The molecule has 0 aliphatic rings. The zero-order valence-corrected chi connectivity index (χ0v) is 8.24. The van der Waals surface area contributed by atoms with Crippen molar-refractivity contribution in [2.45, 2.75) is 25.7 Å². The summed E-state index contributed by atoms with van der Waals surface area (Å²) < 4.78 is 0. The second-order valence-electron chi connectivity index (χ2n) is 3.31. The quantitative estimate of drug-likeness (QED) is 0.556. The van der Waals surface area contributed by atoms with Gasteiger partial charge in [-0.05, 0) is 37.8 Å². The molecule has 0 heterocycles. The third kappa shape index (κ3) is 2.80. The largest absolute Gasteiger partial charge is 0.508 e. The summed E-state index contributed by atoms with van der Waals surface area (Å²) in [6.07, 6.45) is 5.57. The molecule has 0 aromatic heterocycles. The Morgan fingerprint density at radius 1 is 1.14 bits per heavy atom. The average molecular weight is 192 g/mol. The van der Waals surface area contributed by atoms with E-state index in [2.05, 4.69) is 6.58 Å². The molecule has 0 amide bonds. The van der Waals surface area contributed by atoms with Crippen molar-refractivity contribution in [2.24, 2.45) is 0 Å². The van der Waals surface area contributed by atoms with Gasteiger partial charge in [-0.3, -0.25) is 0 Å². The number of allylic oxidation sites excluding steroid dienone is 1. The van der Waals surface area contributed by atoms with Crippen LogP contribution in [0.25, 0.3) is 0 Å². The molecule has 1 rings (SSSR count). The number of phenols is 2. The van der Waals surface area contributed by atoms with Crippen molar-refractivity contribution in [1.82, 2.24) is 0 Å². The molecule has 2 heteroatoms. The molecule has 0 bridgehead atoms. The highest BCUT2D eigenvalue weighted by Crippen LogP contribution is 2.27. The van der Waals surface area contributed by atoms with Crippen molar-refractivity contribution in [1.29, 1.82) is 0 Å². The first-order chi connectivity index (χ1) is 6.75. The van der Waals surface area contributed by atoms with Crippen molar-refractivity contribution in [2.75, 3.05) is 0 Å². The van der Waals surface area contributed by atoms with Gasteiger partial charge in [0.15, 0.2) is 0 Å². The van der Waals surface area contributed by atoms with Gasteiger partial charge < -0.3 is 10.2 Å². The molecule has 0 saturated carbocycles. The lowest BCUT2D eigenvalue weighted by atomic mass is 10.1. The van der Waals surface area contributed by atoms with Gasteiger partial charge in [-0.2, -0.15) is 0 Å². The van der Waals surface area contributed by atoms with Crippen LogP contribution in [0.4, 0.5) is 0 Å². The standard InChI is InChI=1S/C12H16O2/c1-2-3-4-5-7-10-11(13)8-6-9-12(10)14/h2,6,8-9,13-14H,1,3-5,7H2. The molecule has 0 radical (unpaired) electrons. The molecule has 0 unspecified atom stereocenters. The molecule has 1 aromatic rings. The molecule has 0 fully saturated rings. The molecule has 2 N–H and O–H groups in total. The summed E-state index contributed by atoms with van der Waals surface area (Å²) in [5.41, 5.74) is 0.650. The molecular weight excluding hydrogens is 176 g/mol. The first-order valence-corrected chi connectivity index (χ1v) is 4.86. The Kier molecular flexibility index (Phi) is 4.05. The second kappa shape index (κ2) is 5.32. The Morgan fingerprint density at radius 3 is 2.36 bits per heavy atom. The fourth-order valence-corrected chi connectivity index (χ4v) is 1.41. The van der Waals surface area contributed by atoms with Gasteiger partial charge in [0.05, 0.1) is 0 Å². The van der Waals surface area contributed by atoms with Gasteiger partial charge in [0.25, 0.3) is 0 Å². The van der Waals surface area contributed by atoms with Crippen LogP contribution in [0.3, 0.4) is 0 Å². The first kappa shape index (κ1) is 10.6. The van der Waals surface area contributed by atoms with Crippen molar-refractivity contribution < 1.29 is 10.2 Å². The van der Waals surface area contributed by atoms with Crippen LogP contribution < -0.4 is 0 Å². The predicted octanol–water partition coefficient (Wildman–Crippen LogP) is 3.00. The molecular formula is C12H16O2. The Labute approximate surface area is 84.5 Å². The van der Waals surface area contributed by atoms with E-state index < -0.39 is 0 Å². The van der Waals surface area contributed by atoms with Crippen molar-refractivity contribution in [3.05, 3.63) is 36.4 Å². The van der Waals surface area contributed by atoms with Crippen LogP contribution in [0.5, 0.6) is 11.5 Å². The fourth-order valence-electron chi connectivity index (χ4n) is 1.41. The Morgan fingerprint density at radius 2 is 1.79 bits per heavy atom. The number of phenolic OH excluding ortho intramolecular Hbond substituents is 2. The Balaban J connectivity index is 2.53. The number of hydrogen-bond acceptors (Lipinski definition) is 2. The summed E-state index contributed by atoms with van der Waals surface area (Å²) in [6, 6.07) is 4.84. The van der Waals surface area contributed by atoms with Crippen LogP contribution in [0.15, 0.2) is 30.9 Å². The maximum Gasteiger partial charge on any atom is 0.122 e. The SMILES string of the molecule is C=CCCCCc1c(O)cccc1O. The fraction of sp³-hybridized carbons (Fsp3) is 0.333. The van der Waals surface area contributed by atoms with E-state index in [0.29, 0.717) is 12.0 Å². The van der Waals surface area contributed by atoms with Gasteiger partial charge >= 0.3 is 0 Å². The third-order valence-electron chi connectivity index (χ3n) is 2.21. The molecule has 2 nitrogen and oxygen atoms in total. The Bertz CT molecular complexity index is 285. The van der Waals surface area contributed by atoms with E-state index in [-0.39, 0.29) is 11.5 Å². The summed E-state index contributed by atoms with van der Waals surface area (Å²) in [5, 5.41) is 18.9. The monoisotopic (exact) mass is 192 g/mol. The van der Waals surface area contributed by atoms with Gasteiger partial charge in [0.2, 0.25) is 0 Å². The third-order valence-corrected chi connectivity index (χ3v) is 2.21. The van der Waals surface area contributed by atoms with Crippen LogP contribution in [-0.4, -0.2) is 10.2 Å². The lowest BCUT2D eigenvalue weighted by Crippen LogP contribution is -1.87. The normalized spacial score (nSPS) is 10.0. The maximum atomic E-state index is 9.47. The van der Waals surface area contributed by atoms with Crippen LogP contribution in [0.1, 0.15) is 24.8 Å². The lowest BCUT2D eigenvalue weighted by Gasteiger charge is -2.05. The van der Waals surface area contributed by atoms with E-state index in [4.69, 9.17) is 0 Å². The van der Waals surface area contributed by atoms with Crippen molar-refractivity contribution >= 4 is 0 Å². The number of hydrogen-bond donors (Lipinski definition) is 2. The first-order valence-electron chi connectivity index (χ1n) is 4.86. The van der Waals surface area contributed by atoms with Gasteiger partial charge in [0.1, 0.15) is 11.5 Å². The van der Waals surface area contributed by atoms with Gasteiger partial charge in [-0.1, -0.05) is 12.1 Å². The van der Waals surface area contributed by atoms with Crippen molar-refractivity contribution in [3.63, 3.8) is 0 Å². The summed E-state index contributed by atoms with van der Waals surface area (Å²) >= 11 is 0. The average Bonchev–Trinajstić information content (AvgIpc) is 2.16. The van der Waals surface area contributed by atoms with Gasteiger partial charge in [-0.15, -0.1) is 6.58 Å². The van der Waals surface area contributed by atoms with E-state index >= 15 is 0 Å². The van der Waals surface area contributed by atoms with Crippen LogP contribution in [-0.2, 0) is 6.42 Å². The summed E-state index contributed by atoms with van der Waals surface area (Å²) in [5.74, 6) is 0.368. The highest BCUT2D eigenvalue weighted by atomic mass is 16.3. The maximum absolute atomic E-state index is 9.47. The molecule has 0 spiro atoms. The molecule has 0 atom stereocenters. The van der Waals surface area contributed by atoms with E-state index in [1.54, 1.807) is 18.2 Å². The minimum Gasteiger partial charge on any atom is -0.508 e. The smallest absolute Gasteiger partial charge is 0.122 e. The van der Waals surface area contributed by atoms with Crippen LogP contribution in [0.2, 0.25) is 0 Å². The summed E-state index contributed by atoms with van der Waals surface area (Å²) in [4.78, 5) is 0. The van der Waals surface area contributed by atoms with Crippen molar-refractivity contribution in [3.8, 4) is 11.5 Å². The summed E-state index contributed by atoms with van der Waals surface area (Å²) in [6.45, 7) is 3.64. The number of benzene rings is 1. The Hall–Kier alpha value is -1.44. The van der Waals surface area contributed by atoms with Crippen LogP contribution in [0, 0.1) is 0 Å². The van der Waals surface area contributed by atoms with E-state index in [9.17, 15) is 10.2 Å². The van der Waals surface area contributed by atoms with E-state index in [1.807, 2.05) is 6.08 Å². The predicted molar refractivity (Wildman–Crippen MR) is 57.5 cm³/mol. The van der Waals surface area contributed by atoms with E-state index in [0.717, 1.165) is 19.3 Å². The minimum absolute atomic E-state index is 0.184. The molecule has 0 saturated heterocycles. The van der Waals surface area contributed by atoms with Crippen LogP contribution >= 0.6 is 0 Å².